The molecule has 1 atom stereocenters. The Labute approximate surface area is 115 Å². The first-order valence-corrected chi connectivity index (χ1v) is 6.89. The molecule has 2 aliphatic rings. The Morgan fingerprint density at radius 2 is 1.95 bits per heavy atom. The first-order chi connectivity index (χ1) is 9.72. The number of hydrogen-bond donors (Lipinski definition) is 2. The van der Waals surface area contributed by atoms with Crippen LogP contribution >= 0.6 is 0 Å². The summed E-state index contributed by atoms with van der Waals surface area (Å²) in [4.78, 5) is 28.7. The molecule has 1 unspecified atom stereocenters. The number of nitrogens with zero attached hydrogens (tertiary/aromatic N) is 1. The van der Waals surface area contributed by atoms with Gasteiger partial charge in [0.2, 0.25) is 5.91 Å². The fourth-order valence-electron chi connectivity index (χ4n) is 3.17. The number of nitrogens with one attached hydrogen (secondary N) is 2. The lowest BCUT2D eigenvalue weighted by atomic mass is 10.1. The van der Waals surface area contributed by atoms with Crippen LogP contribution in [0.3, 0.4) is 0 Å². The molecule has 0 spiro atoms. The minimum Gasteiger partial charge on any atom is -0.366 e. The van der Waals surface area contributed by atoms with E-state index in [1.807, 2.05) is 23.4 Å². The second-order valence-electron chi connectivity index (χ2n) is 5.52. The summed E-state index contributed by atoms with van der Waals surface area (Å²) in [5.41, 5.74) is 1.88. The second kappa shape index (κ2) is 4.10. The molecule has 2 aliphatic heterocycles. The first kappa shape index (κ1) is 11.5. The Balaban J connectivity index is 1.66. The topological polar surface area (TPSA) is 65.2 Å². The fourth-order valence-corrected chi connectivity index (χ4v) is 3.17. The number of carbonyl (C=O) groups is 2. The predicted molar refractivity (Wildman–Crippen MR) is 74.2 cm³/mol. The van der Waals surface area contributed by atoms with Crippen LogP contribution in [0.15, 0.2) is 24.5 Å². The van der Waals surface area contributed by atoms with Crippen LogP contribution in [0.5, 0.6) is 0 Å². The van der Waals surface area contributed by atoms with Gasteiger partial charge in [-0.2, -0.15) is 0 Å². The van der Waals surface area contributed by atoms with Crippen LogP contribution in [0.25, 0.3) is 10.8 Å². The Morgan fingerprint density at radius 1 is 1.15 bits per heavy atom. The maximum atomic E-state index is 12.5. The van der Waals surface area contributed by atoms with Gasteiger partial charge in [0.1, 0.15) is 0 Å². The van der Waals surface area contributed by atoms with E-state index in [1.165, 1.54) is 0 Å². The van der Waals surface area contributed by atoms with Gasteiger partial charge in [-0.05, 0) is 34.9 Å². The summed E-state index contributed by atoms with van der Waals surface area (Å²) in [7, 11) is 0. The van der Waals surface area contributed by atoms with Crippen molar-refractivity contribution in [2.75, 3.05) is 6.54 Å². The molecular weight excluding hydrogens is 254 g/mol. The van der Waals surface area contributed by atoms with Crippen molar-refractivity contribution in [1.29, 1.82) is 0 Å². The molecule has 2 aromatic rings. The zero-order chi connectivity index (χ0) is 13.7. The van der Waals surface area contributed by atoms with Crippen LogP contribution < -0.4 is 5.32 Å². The highest BCUT2D eigenvalue weighted by atomic mass is 16.2. The molecule has 20 heavy (non-hydrogen) atoms. The normalized spacial score (nSPS) is 22.2. The maximum absolute atomic E-state index is 12.5. The lowest BCUT2D eigenvalue weighted by Gasteiger charge is -2.31. The van der Waals surface area contributed by atoms with E-state index < -0.39 is 0 Å². The van der Waals surface area contributed by atoms with E-state index in [0.29, 0.717) is 19.5 Å². The minimum atomic E-state index is 0.0830. The number of aromatic amines is 1. The smallest absolute Gasteiger partial charge is 0.254 e. The summed E-state index contributed by atoms with van der Waals surface area (Å²) in [5.74, 6) is 0.170. The highest BCUT2D eigenvalue weighted by molar-refractivity contribution is 6.02. The summed E-state index contributed by atoms with van der Waals surface area (Å²) in [6.45, 7) is 1.22. The van der Waals surface area contributed by atoms with Crippen molar-refractivity contribution in [1.82, 2.24) is 15.2 Å². The van der Waals surface area contributed by atoms with Gasteiger partial charge in [0.05, 0.1) is 6.04 Å². The van der Waals surface area contributed by atoms with Crippen molar-refractivity contribution in [3.63, 3.8) is 0 Å². The molecule has 1 saturated heterocycles. The van der Waals surface area contributed by atoms with Gasteiger partial charge in [-0.15, -0.1) is 0 Å². The van der Waals surface area contributed by atoms with E-state index >= 15 is 0 Å². The van der Waals surface area contributed by atoms with Crippen LogP contribution in [0.2, 0.25) is 0 Å². The quantitative estimate of drug-likeness (QED) is 0.822. The Bertz CT molecular complexity index is 709. The summed E-state index contributed by atoms with van der Waals surface area (Å²) in [5, 5.41) is 5.05. The second-order valence-corrected chi connectivity index (χ2v) is 5.52. The number of benzene rings is 1. The van der Waals surface area contributed by atoms with Crippen molar-refractivity contribution >= 4 is 22.6 Å². The molecule has 1 fully saturated rings. The highest BCUT2D eigenvalue weighted by Gasteiger charge is 2.34. The number of aromatic nitrogens is 1. The number of hydrogen-bond acceptors (Lipinski definition) is 2. The molecule has 4 rings (SSSR count). The SMILES string of the molecule is O=C1CCC(N2Cc3cc4c[nH]cc4cc3C2=O)CN1. The number of fused-ring (bicyclic) bond motifs is 2. The standard InChI is InChI=1S/C15H15N3O2/c19-14-2-1-12(7-17-14)18-8-11-3-9-5-16-6-10(9)4-13(11)15(18)20/h3-6,12,16H,1-2,7-8H2,(H,17,19). The van der Waals surface area contributed by atoms with E-state index in [9.17, 15) is 9.59 Å². The molecule has 5 heteroatoms. The van der Waals surface area contributed by atoms with Crippen molar-refractivity contribution in [2.45, 2.75) is 25.4 Å². The van der Waals surface area contributed by atoms with Crippen LogP contribution in [-0.2, 0) is 11.3 Å². The van der Waals surface area contributed by atoms with E-state index in [4.69, 9.17) is 0 Å². The number of carbonyl (C=O) groups excluding carboxylic acids is 2. The largest absolute Gasteiger partial charge is 0.366 e. The van der Waals surface area contributed by atoms with E-state index in [1.54, 1.807) is 0 Å². The van der Waals surface area contributed by atoms with Gasteiger partial charge in [-0.25, -0.2) is 0 Å². The van der Waals surface area contributed by atoms with Crippen LogP contribution in [-0.4, -0.2) is 34.3 Å². The molecule has 0 aliphatic carbocycles. The Morgan fingerprint density at radius 3 is 2.70 bits per heavy atom. The number of piperidine rings is 1. The molecule has 2 N–H and O–H groups in total. The predicted octanol–water partition coefficient (Wildman–Crippen LogP) is 1.40. The molecule has 1 aromatic carbocycles. The van der Waals surface area contributed by atoms with Crippen molar-refractivity contribution < 1.29 is 9.59 Å². The van der Waals surface area contributed by atoms with Crippen molar-refractivity contribution in [3.05, 3.63) is 35.7 Å². The number of rotatable bonds is 1. The van der Waals surface area contributed by atoms with Gasteiger partial charge in [0.25, 0.3) is 5.91 Å². The Kier molecular flexibility index (Phi) is 2.36. The summed E-state index contributed by atoms with van der Waals surface area (Å²) < 4.78 is 0. The van der Waals surface area contributed by atoms with Gasteiger partial charge in [0.15, 0.2) is 0 Å². The first-order valence-electron chi connectivity index (χ1n) is 6.89. The number of amides is 2. The van der Waals surface area contributed by atoms with Gasteiger partial charge in [0, 0.05) is 37.5 Å². The third-order valence-electron chi connectivity index (χ3n) is 4.30. The van der Waals surface area contributed by atoms with Crippen molar-refractivity contribution in [3.8, 4) is 0 Å². The van der Waals surface area contributed by atoms with Gasteiger partial charge in [-0.1, -0.05) is 0 Å². The van der Waals surface area contributed by atoms with Crippen LogP contribution in [0.1, 0.15) is 28.8 Å². The zero-order valence-electron chi connectivity index (χ0n) is 11.0. The van der Waals surface area contributed by atoms with E-state index in [0.717, 1.165) is 28.3 Å². The molecule has 0 bridgehead atoms. The van der Waals surface area contributed by atoms with E-state index in [-0.39, 0.29) is 17.9 Å². The van der Waals surface area contributed by atoms with E-state index in [2.05, 4.69) is 16.4 Å². The summed E-state index contributed by atoms with van der Waals surface area (Å²) in [6, 6.07) is 4.17. The molecule has 3 heterocycles. The Hall–Kier alpha value is -2.30. The molecule has 2 amide bonds. The number of H-pyrrole nitrogens is 1. The van der Waals surface area contributed by atoms with Crippen LogP contribution in [0, 0.1) is 0 Å². The lowest BCUT2D eigenvalue weighted by molar-refractivity contribution is -0.123. The summed E-state index contributed by atoms with van der Waals surface area (Å²) >= 11 is 0. The highest BCUT2D eigenvalue weighted by Crippen LogP contribution is 2.30. The van der Waals surface area contributed by atoms with Crippen molar-refractivity contribution in [2.24, 2.45) is 0 Å². The summed E-state index contributed by atoms with van der Waals surface area (Å²) in [6.07, 6.45) is 5.12. The molecule has 0 saturated carbocycles. The average molecular weight is 269 g/mol. The molecule has 102 valence electrons. The monoisotopic (exact) mass is 269 g/mol. The third-order valence-corrected chi connectivity index (χ3v) is 4.30. The maximum Gasteiger partial charge on any atom is 0.254 e. The van der Waals surface area contributed by atoms with Gasteiger partial charge < -0.3 is 15.2 Å². The van der Waals surface area contributed by atoms with Gasteiger partial charge >= 0.3 is 0 Å². The minimum absolute atomic E-state index is 0.0830. The average Bonchev–Trinajstić information content (AvgIpc) is 3.02. The van der Waals surface area contributed by atoms with Gasteiger partial charge in [-0.3, -0.25) is 9.59 Å². The molecular formula is C15H15N3O2. The lowest BCUT2D eigenvalue weighted by Crippen LogP contribution is -2.48. The zero-order valence-corrected chi connectivity index (χ0v) is 11.0. The molecule has 5 nitrogen and oxygen atoms in total. The third kappa shape index (κ3) is 1.62. The van der Waals surface area contributed by atoms with Crippen LogP contribution in [0.4, 0.5) is 0 Å². The fraction of sp³-hybridized carbons (Fsp3) is 0.333. The molecule has 1 aromatic heterocycles. The molecule has 0 radical (unpaired) electrons.